The minimum Gasteiger partial charge on any atom is -0.338 e. The molecule has 0 spiro atoms. The number of piperidine rings is 1. The minimum atomic E-state index is -0.322. The third kappa shape index (κ3) is 6.20. The van der Waals surface area contributed by atoms with Crippen LogP contribution in [0, 0.1) is 19.8 Å². The van der Waals surface area contributed by atoms with Crippen LogP contribution in [-0.4, -0.2) is 42.4 Å². The molecule has 32 heavy (non-hydrogen) atoms. The molecule has 2 aromatic rings. The van der Waals surface area contributed by atoms with Gasteiger partial charge in [-0.05, 0) is 63.1 Å². The molecular weight excluding hydrogens is 404 g/mol. The smallest absolute Gasteiger partial charge is 0.319 e. The number of amides is 4. The first-order chi connectivity index (χ1) is 15.4. The summed E-state index contributed by atoms with van der Waals surface area (Å²) < 4.78 is 0. The fraction of sp³-hybridized carbons (Fsp3) is 0.320. The molecule has 1 heterocycles. The summed E-state index contributed by atoms with van der Waals surface area (Å²) in [5, 5.41) is 8.26. The maximum atomic E-state index is 13.0. The number of nitrogens with zero attached hydrogens (tertiary/aromatic N) is 1. The molecule has 1 saturated heterocycles. The van der Waals surface area contributed by atoms with Crippen molar-refractivity contribution in [3.63, 3.8) is 0 Å². The van der Waals surface area contributed by atoms with E-state index in [0.29, 0.717) is 36.6 Å². The maximum Gasteiger partial charge on any atom is 0.319 e. The molecule has 3 rings (SSSR count). The number of benzene rings is 2. The quantitative estimate of drug-likeness (QED) is 0.598. The molecule has 7 heteroatoms. The van der Waals surface area contributed by atoms with E-state index in [1.807, 2.05) is 32.0 Å². The molecule has 7 nitrogen and oxygen atoms in total. The number of aryl methyl sites for hydroxylation is 2. The van der Waals surface area contributed by atoms with Crippen molar-refractivity contribution < 1.29 is 14.4 Å². The Kier molecular flexibility index (Phi) is 7.65. The highest BCUT2D eigenvalue weighted by molar-refractivity contribution is 5.97. The van der Waals surface area contributed by atoms with Crippen LogP contribution in [0.3, 0.4) is 0 Å². The third-order valence-corrected chi connectivity index (χ3v) is 5.37. The molecule has 4 amide bonds. The van der Waals surface area contributed by atoms with Crippen LogP contribution in [0.1, 0.15) is 34.3 Å². The SMILES string of the molecule is C=CCNC(=O)Nc1ccc(NC(=O)C2CCCN(C(=O)c3cc(C)cc(C)c3)C2)cc1. The predicted octanol–water partition coefficient (Wildman–Crippen LogP) is 4.10. The van der Waals surface area contributed by atoms with Gasteiger partial charge in [0.2, 0.25) is 5.91 Å². The average molecular weight is 435 g/mol. The fourth-order valence-corrected chi connectivity index (χ4v) is 3.88. The van der Waals surface area contributed by atoms with Crippen molar-refractivity contribution in [1.82, 2.24) is 10.2 Å². The Bertz CT molecular complexity index is 980. The summed E-state index contributed by atoms with van der Waals surface area (Å²) in [6, 6.07) is 12.4. The van der Waals surface area contributed by atoms with Gasteiger partial charge in [0.05, 0.1) is 5.92 Å². The van der Waals surface area contributed by atoms with Gasteiger partial charge in [-0.15, -0.1) is 6.58 Å². The summed E-state index contributed by atoms with van der Waals surface area (Å²) in [5.74, 6) is -0.395. The summed E-state index contributed by atoms with van der Waals surface area (Å²) >= 11 is 0. The van der Waals surface area contributed by atoms with Crippen LogP contribution in [0.2, 0.25) is 0 Å². The number of carbonyl (C=O) groups is 3. The highest BCUT2D eigenvalue weighted by Crippen LogP contribution is 2.22. The molecule has 0 aromatic heterocycles. The Balaban J connectivity index is 1.57. The van der Waals surface area contributed by atoms with Gasteiger partial charge in [-0.3, -0.25) is 9.59 Å². The van der Waals surface area contributed by atoms with Gasteiger partial charge < -0.3 is 20.9 Å². The van der Waals surface area contributed by atoms with Gasteiger partial charge in [0.25, 0.3) is 5.91 Å². The summed E-state index contributed by atoms with van der Waals surface area (Å²) in [5.41, 5.74) is 4.03. The van der Waals surface area contributed by atoms with Gasteiger partial charge in [0.15, 0.2) is 0 Å². The van der Waals surface area contributed by atoms with Crippen LogP contribution in [0.25, 0.3) is 0 Å². The van der Waals surface area contributed by atoms with Gasteiger partial charge in [-0.25, -0.2) is 4.79 Å². The van der Waals surface area contributed by atoms with Gasteiger partial charge in [0.1, 0.15) is 0 Å². The van der Waals surface area contributed by atoms with Gasteiger partial charge in [-0.1, -0.05) is 23.3 Å². The molecule has 1 aliphatic rings. The molecule has 0 bridgehead atoms. The lowest BCUT2D eigenvalue weighted by Crippen LogP contribution is -2.43. The zero-order valence-corrected chi connectivity index (χ0v) is 18.6. The van der Waals surface area contributed by atoms with Crippen LogP contribution >= 0.6 is 0 Å². The highest BCUT2D eigenvalue weighted by atomic mass is 16.2. The van der Waals surface area contributed by atoms with Crippen LogP contribution < -0.4 is 16.0 Å². The van der Waals surface area contributed by atoms with E-state index in [0.717, 1.165) is 24.0 Å². The third-order valence-electron chi connectivity index (χ3n) is 5.37. The zero-order valence-electron chi connectivity index (χ0n) is 18.6. The van der Waals surface area contributed by atoms with E-state index in [2.05, 4.69) is 22.5 Å². The number of likely N-dealkylation sites (tertiary alicyclic amines) is 1. The number of carbonyl (C=O) groups excluding carboxylic acids is 3. The Hall–Kier alpha value is -3.61. The molecule has 168 valence electrons. The molecule has 3 N–H and O–H groups in total. The van der Waals surface area contributed by atoms with Gasteiger partial charge in [-0.2, -0.15) is 0 Å². The number of nitrogens with one attached hydrogen (secondary N) is 3. The lowest BCUT2D eigenvalue weighted by atomic mass is 9.96. The summed E-state index contributed by atoms with van der Waals surface area (Å²) in [6.45, 7) is 8.94. The van der Waals surface area contributed by atoms with Crippen LogP contribution in [0.4, 0.5) is 16.2 Å². The van der Waals surface area contributed by atoms with E-state index in [1.54, 1.807) is 35.2 Å². The summed E-state index contributed by atoms with van der Waals surface area (Å²) in [4.78, 5) is 39.3. The number of hydrogen-bond acceptors (Lipinski definition) is 3. The largest absolute Gasteiger partial charge is 0.338 e. The molecule has 1 fully saturated rings. The van der Waals surface area contributed by atoms with Crippen LogP contribution in [-0.2, 0) is 4.79 Å². The molecule has 1 aliphatic heterocycles. The van der Waals surface area contributed by atoms with Crippen molar-refractivity contribution in [2.24, 2.45) is 5.92 Å². The normalized spacial score (nSPS) is 15.6. The van der Waals surface area contributed by atoms with Crippen molar-refractivity contribution >= 4 is 29.2 Å². The van der Waals surface area contributed by atoms with E-state index in [1.165, 1.54) is 0 Å². The van der Waals surface area contributed by atoms with Gasteiger partial charge in [0, 0.05) is 36.6 Å². The summed E-state index contributed by atoms with van der Waals surface area (Å²) in [6.07, 6.45) is 3.13. The second-order valence-corrected chi connectivity index (χ2v) is 8.16. The van der Waals surface area contributed by atoms with Crippen molar-refractivity contribution in [2.45, 2.75) is 26.7 Å². The van der Waals surface area contributed by atoms with Crippen molar-refractivity contribution in [3.05, 3.63) is 71.8 Å². The van der Waals surface area contributed by atoms with E-state index in [4.69, 9.17) is 0 Å². The van der Waals surface area contributed by atoms with E-state index >= 15 is 0 Å². The first-order valence-electron chi connectivity index (χ1n) is 10.8. The predicted molar refractivity (Wildman–Crippen MR) is 127 cm³/mol. The summed E-state index contributed by atoms with van der Waals surface area (Å²) in [7, 11) is 0. The van der Waals surface area contributed by atoms with Crippen molar-refractivity contribution in [3.8, 4) is 0 Å². The molecule has 1 unspecified atom stereocenters. The monoisotopic (exact) mass is 434 g/mol. The molecule has 2 aromatic carbocycles. The Morgan fingerprint density at radius 2 is 1.66 bits per heavy atom. The second kappa shape index (κ2) is 10.6. The topological polar surface area (TPSA) is 90.5 Å². The Morgan fingerprint density at radius 1 is 1.03 bits per heavy atom. The number of rotatable bonds is 6. The molecule has 0 radical (unpaired) electrons. The van der Waals surface area contributed by atoms with Crippen LogP contribution in [0.5, 0.6) is 0 Å². The maximum absolute atomic E-state index is 13.0. The van der Waals surface area contributed by atoms with Crippen molar-refractivity contribution in [2.75, 3.05) is 30.3 Å². The average Bonchev–Trinajstić information content (AvgIpc) is 2.78. The first-order valence-corrected chi connectivity index (χ1v) is 10.8. The van der Waals surface area contributed by atoms with Gasteiger partial charge >= 0.3 is 6.03 Å². The second-order valence-electron chi connectivity index (χ2n) is 8.16. The minimum absolute atomic E-state index is 0.0283. The first kappa shape index (κ1) is 23.1. The number of anilines is 2. The molecule has 0 aliphatic carbocycles. The highest BCUT2D eigenvalue weighted by Gasteiger charge is 2.29. The lowest BCUT2D eigenvalue weighted by molar-refractivity contribution is -0.121. The number of urea groups is 1. The van der Waals surface area contributed by atoms with E-state index < -0.39 is 0 Å². The molecule has 0 saturated carbocycles. The lowest BCUT2D eigenvalue weighted by Gasteiger charge is -2.32. The zero-order chi connectivity index (χ0) is 23.1. The van der Waals surface area contributed by atoms with E-state index in [9.17, 15) is 14.4 Å². The fourth-order valence-electron chi connectivity index (χ4n) is 3.88. The Morgan fingerprint density at radius 3 is 2.28 bits per heavy atom. The Labute approximate surface area is 188 Å². The van der Waals surface area contributed by atoms with Crippen molar-refractivity contribution in [1.29, 1.82) is 0 Å². The van der Waals surface area contributed by atoms with Crippen LogP contribution in [0.15, 0.2) is 55.1 Å². The standard InChI is InChI=1S/C25H30N4O3/c1-4-11-26-25(32)28-22-9-7-21(8-10-22)27-23(30)19-6-5-12-29(16-19)24(31)20-14-17(2)13-18(3)15-20/h4,7-10,13-15,19H,1,5-6,11-12,16H2,2-3H3,(H,27,30)(H2,26,28,32). The van der Waals surface area contributed by atoms with E-state index in [-0.39, 0.29) is 23.8 Å². The molecule has 1 atom stereocenters. The molecular formula is C25H30N4O3. The number of hydrogen-bond donors (Lipinski definition) is 3.